The number of pyridine rings is 1. The number of aromatic nitrogens is 1. The smallest absolute Gasteiger partial charge is 0.355 e. The summed E-state index contributed by atoms with van der Waals surface area (Å²) in [6.07, 6.45) is -2.56. The first-order valence-corrected chi connectivity index (χ1v) is 11.4. The van der Waals surface area contributed by atoms with Gasteiger partial charge >= 0.3 is 6.18 Å². The number of nitrogens with one attached hydrogen (secondary N) is 1. The SMILES string of the molecule is O=C(NC(c1ccccc1)c1cccs1)C1CCN(c2ncc(C(F)(F)F)cc2Cl)CC1. The normalized spacial score (nSPS) is 16.1. The van der Waals surface area contributed by atoms with Crippen molar-refractivity contribution in [1.29, 1.82) is 0 Å². The molecule has 0 radical (unpaired) electrons. The Morgan fingerprint density at radius 3 is 2.47 bits per heavy atom. The number of thiophene rings is 1. The van der Waals surface area contributed by atoms with E-state index < -0.39 is 11.7 Å². The standard InChI is InChI=1S/C23H21ClF3N3OS/c24-18-13-17(23(25,26)27)14-28-21(18)30-10-8-16(9-11-30)22(31)29-20(19-7-4-12-32-19)15-5-2-1-3-6-15/h1-7,12-14,16,20H,8-11H2,(H,29,31). The van der Waals surface area contributed by atoms with Crippen molar-refractivity contribution in [1.82, 2.24) is 10.3 Å². The molecular weight excluding hydrogens is 459 g/mol. The molecule has 3 aromatic rings. The summed E-state index contributed by atoms with van der Waals surface area (Å²) >= 11 is 7.67. The number of rotatable bonds is 5. The van der Waals surface area contributed by atoms with Crippen LogP contribution < -0.4 is 10.2 Å². The molecule has 32 heavy (non-hydrogen) atoms. The largest absolute Gasteiger partial charge is 0.417 e. The van der Waals surface area contributed by atoms with Crippen LogP contribution in [0.5, 0.6) is 0 Å². The van der Waals surface area contributed by atoms with Crippen LogP contribution >= 0.6 is 22.9 Å². The fourth-order valence-corrected chi connectivity index (χ4v) is 4.94. The van der Waals surface area contributed by atoms with Gasteiger partial charge in [0.05, 0.1) is 16.6 Å². The van der Waals surface area contributed by atoms with Crippen LogP contribution in [0.4, 0.5) is 19.0 Å². The van der Waals surface area contributed by atoms with Crippen molar-refractivity contribution in [3.8, 4) is 0 Å². The van der Waals surface area contributed by atoms with Crippen LogP contribution in [0.3, 0.4) is 0 Å². The maximum Gasteiger partial charge on any atom is 0.417 e. The number of carbonyl (C=O) groups is 1. The van der Waals surface area contributed by atoms with Gasteiger partial charge in [-0.2, -0.15) is 13.2 Å². The Kier molecular flexibility index (Phi) is 6.71. The van der Waals surface area contributed by atoms with Gasteiger partial charge in [-0.3, -0.25) is 4.79 Å². The van der Waals surface area contributed by atoms with Gasteiger partial charge in [-0.1, -0.05) is 48.0 Å². The van der Waals surface area contributed by atoms with Gasteiger partial charge in [0.15, 0.2) is 0 Å². The molecule has 0 saturated carbocycles. The summed E-state index contributed by atoms with van der Waals surface area (Å²) in [6.45, 7) is 0.982. The zero-order chi connectivity index (χ0) is 22.7. The molecule has 0 aliphatic carbocycles. The maximum atomic E-state index is 13.1. The fraction of sp³-hybridized carbons (Fsp3) is 0.304. The number of anilines is 1. The van der Waals surface area contributed by atoms with E-state index in [1.165, 1.54) is 0 Å². The minimum atomic E-state index is -4.49. The minimum absolute atomic E-state index is 0.0293. The first kappa shape index (κ1) is 22.6. The Bertz CT molecular complexity index is 1050. The molecule has 2 aromatic heterocycles. The molecular formula is C23H21ClF3N3OS. The number of nitrogens with zero attached hydrogens (tertiary/aromatic N) is 2. The molecule has 1 unspecified atom stereocenters. The zero-order valence-corrected chi connectivity index (χ0v) is 18.6. The molecule has 0 bridgehead atoms. The predicted molar refractivity (Wildman–Crippen MR) is 120 cm³/mol. The van der Waals surface area contributed by atoms with Gasteiger partial charge in [0.1, 0.15) is 5.82 Å². The lowest BCUT2D eigenvalue weighted by Crippen LogP contribution is -2.42. The average Bonchev–Trinajstić information content (AvgIpc) is 3.32. The highest BCUT2D eigenvalue weighted by molar-refractivity contribution is 7.10. The summed E-state index contributed by atoms with van der Waals surface area (Å²) in [4.78, 5) is 19.9. The number of piperidine rings is 1. The first-order valence-electron chi connectivity index (χ1n) is 10.2. The van der Waals surface area contributed by atoms with E-state index in [9.17, 15) is 18.0 Å². The van der Waals surface area contributed by atoms with Crippen LogP contribution in [-0.2, 0) is 11.0 Å². The predicted octanol–water partition coefficient (Wildman–Crippen LogP) is 5.94. The second-order valence-electron chi connectivity index (χ2n) is 7.66. The van der Waals surface area contributed by atoms with E-state index in [-0.39, 0.29) is 22.9 Å². The highest BCUT2D eigenvalue weighted by Crippen LogP contribution is 2.35. The van der Waals surface area contributed by atoms with E-state index in [2.05, 4.69) is 10.3 Å². The van der Waals surface area contributed by atoms with E-state index in [1.807, 2.05) is 52.7 Å². The second kappa shape index (κ2) is 9.50. The van der Waals surface area contributed by atoms with Gasteiger partial charge in [0, 0.05) is 30.1 Å². The van der Waals surface area contributed by atoms with Crippen molar-refractivity contribution in [2.75, 3.05) is 18.0 Å². The number of hydrogen-bond acceptors (Lipinski definition) is 4. The molecule has 3 heterocycles. The molecule has 4 nitrogen and oxygen atoms in total. The molecule has 1 saturated heterocycles. The zero-order valence-electron chi connectivity index (χ0n) is 17.0. The Morgan fingerprint density at radius 1 is 1.16 bits per heavy atom. The highest BCUT2D eigenvalue weighted by atomic mass is 35.5. The maximum absolute atomic E-state index is 13.1. The van der Waals surface area contributed by atoms with Gasteiger partial charge in [-0.05, 0) is 35.9 Å². The molecule has 1 aromatic carbocycles. The van der Waals surface area contributed by atoms with Crippen molar-refractivity contribution in [3.05, 3.63) is 81.1 Å². The van der Waals surface area contributed by atoms with Crippen LogP contribution in [0.15, 0.2) is 60.1 Å². The molecule has 1 amide bonds. The second-order valence-corrected chi connectivity index (χ2v) is 9.04. The molecule has 1 aliphatic heterocycles. The Hall–Kier alpha value is -2.58. The molecule has 0 spiro atoms. The van der Waals surface area contributed by atoms with Gasteiger partial charge in [-0.15, -0.1) is 11.3 Å². The lowest BCUT2D eigenvalue weighted by molar-refractivity contribution is -0.137. The van der Waals surface area contributed by atoms with Gasteiger partial charge < -0.3 is 10.2 Å². The van der Waals surface area contributed by atoms with Crippen molar-refractivity contribution < 1.29 is 18.0 Å². The topological polar surface area (TPSA) is 45.2 Å². The van der Waals surface area contributed by atoms with Gasteiger partial charge in [-0.25, -0.2) is 4.98 Å². The van der Waals surface area contributed by atoms with Crippen LogP contribution in [0, 0.1) is 5.92 Å². The highest BCUT2D eigenvalue weighted by Gasteiger charge is 2.33. The molecule has 168 valence electrons. The molecule has 1 aliphatic rings. The van der Waals surface area contributed by atoms with E-state index in [1.54, 1.807) is 11.3 Å². The number of hydrogen-bond donors (Lipinski definition) is 1. The first-order chi connectivity index (χ1) is 15.3. The van der Waals surface area contributed by atoms with Crippen LogP contribution in [0.25, 0.3) is 0 Å². The van der Waals surface area contributed by atoms with Crippen LogP contribution in [0.2, 0.25) is 5.02 Å². The molecule has 4 rings (SSSR count). The molecule has 1 atom stereocenters. The summed E-state index contributed by atoms with van der Waals surface area (Å²) in [5.41, 5.74) is 0.141. The Morgan fingerprint density at radius 2 is 1.88 bits per heavy atom. The number of amides is 1. The summed E-state index contributed by atoms with van der Waals surface area (Å²) in [5, 5.41) is 5.13. The summed E-state index contributed by atoms with van der Waals surface area (Å²) in [7, 11) is 0. The fourth-order valence-electron chi connectivity index (χ4n) is 3.85. The van der Waals surface area contributed by atoms with Gasteiger partial charge in [0.2, 0.25) is 5.91 Å². The van der Waals surface area contributed by atoms with E-state index in [4.69, 9.17) is 11.6 Å². The molecule has 1 fully saturated rings. The third kappa shape index (κ3) is 5.07. The van der Waals surface area contributed by atoms with Crippen molar-refractivity contribution in [3.63, 3.8) is 0 Å². The quantitative estimate of drug-likeness (QED) is 0.492. The number of halogens is 4. The van der Waals surface area contributed by atoms with Crippen molar-refractivity contribution >= 4 is 34.7 Å². The summed E-state index contributed by atoms with van der Waals surface area (Å²) in [6, 6.07) is 14.5. The number of alkyl halides is 3. The van der Waals surface area contributed by atoms with E-state index in [0.29, 0.717) is 31.7 Å². The Labute approximate surface area is 193 Å². The monoisotopic (exact) mass is 479 g/mol. The average molecular weight is 480 g/mol. The van der Waals surface area contributed by atoms with Crippen LogP contribution in [0.1, 0.15) is 34.9 Å². The van der Waals surface area contributed by atoms with Crippen molar-refractivity contribution in [2.45, 2.75) is 25.1 Å². The summed E-state index contributed by atoms with van der Waals surface area (Å²) in [5.74, 6) is 0.100. The summed E-state index contributed by atoms with van der Waals surface area (Å²) < 4.78 is 38.6. The number of carbonyl (C=O) groups excluding carboxylic acids is 1. The lowest BCUT2D eigenvalue weighted by Gasteiger charge is -2.33. The minimum Gasteiger partial charge on any atom is -0.355 e. The van der Waals surface area contributed by atoms with Crippen LogP contribution in [-0.4, -0.2) is 24.0 Å². The van der Waals surface area contributed by atoms with E-state index >= 15 is 0 Å². The Balaban J connectivity index is 1.41. The van der Waals surface area contributed by atoms with Gasteiger partial charge in [0.25, 0.3) is 0 Å². The molecule has 9 heteroatoms. The lowest BCUT2D eigenvalue weighted by atomic mass is 9.94. The third-order valence-corrected chi connectivity index (χ3v) is 6.78. The molecule has 1 N–H and O–H groups in total. The van der Waals surface area contributed by atoms with Crippen molar-refractivity contribution in [2.24, 2.45) is 5.92 Å². The van der Waals surface area contributed by atoms with E-state index in [0.717, 1.165) is 22.7 Å². The number of benzene rings is 1. The third-order valence-electron chi connectivity index (χ3n) is 5.56.